The van der Waals surface area contributed by atoms with Crippen LogP contribution in [0.1, 0.15) is 13.3 Å². The Bertz CT molecular complexity index is 575. The van der Waals surface area contributed by atoms with E-state index >= 15 is 0 Å². The molecule has 0 bridgehead atoms. The molecule has 0 radical (unpaired) electrons. The number of hydrogen-bond acceptors (Lipinski definition) is 2. The van der Waals surface area contributed by atoms with Gasteiger partial charge >= 0.3 is 8.32 Å². The van der Waals surface area contributed by atoms with Crippen molar-refractivity contribution in [2.24, 2.45) is 0 Å². The summed E-state index contributed by atoms with van der Waals surface area (Å²) in [6.07, 6.45) is 0.973. The predicted molar refractivity (Wildman–Crippen MR) is 93.8 cm³/mol. The molecule has 3 heteroatoms. The van der Waals surface area contributed by atoms with Crippen molar-refractivity contribution in [1.29, 1.82) is 0 Å². The molecule has 2 aromatic rings. The molecule has 0 aromatic heterocycles. The van der Waals surface area contributed by atoms with Crippen molar-refractivity contribution >= 4 is 18.7 Å². The highest BCUT2D eigenvalue weighted by molar-refractivity contribution is 7.03. The van der Waals surface area contributed by atoms with Gasteiger partial charge in [0.15, 0.2) is 0 Å². The van der Waals surface area contributed by atoms with E-state index in [-0.39, 0.29) is 0 Å². The van der Waals surface area contributed by atoms with E-state index in [1.54, 1.807) is 7.11 Å². The van der Waals surface area contributed by atoms with Crippen LogP contribution in [0.2, 0.25) is 0 Å². The van der Waals surface area contributed by atoms with Gasteiger partial charge in [-0.25, -0.2) is 0 Å². The maximum Gasteiger partial charge on any atom is 0.337 e. The van der Waals surface area contributed by atoms with Crippen LogP contribution < -0.4 is 10.4 Å². The van der Waals surface area contributed by atoms with Crippen LogP contribution in [0.5, 0.6) is 0 Å². The van der Waals surface area contributed by atoms with Gasteiger partial charge in [-0.1, -0.05) is 79.1 Å². The molecule has 2 rings (SSSR count). The van der Waals surface area contributed by atoms with Crippen LogP contribution in [-0.4, -0.2) is 28.6 Å². The first kappa shape index (κ1) is 16.5. The maximum absolute atomic E-state index is 6.41. The molecule has 0 aliphatic heterocycles. The van der Waals surface area contributed by atoms with Crippen molar-refractivity contribution in [3.8, 4) is 11.5 Å². The second-order valence-electron chi connectivity index (χ2n) is 5.00. The highest BCUT2D eigenvalue weighted by atomic mass is 28.4. The van der Waals surface area contributed by atoms with E-state index in [1.807, 2.05) is 36.4 Å². The molecule has 0 aliphatic rings. The molecule has 0 atom stereocenters. The Kier molecular flexibility index (Phi) is 6.41. The Labute approximate surface area is 134 Å². The van der Waals surface area contributed by atoms with Gasteiger partial charge in [0, 0.05) is 13.7 Å². The van der Waals surface area contributed by atoms with Crippen LogP contribution in [0.4, 0.5) is 0 Å². The Morgan fingerprint density at radius 2 is 1.45 bits per heavy atom. The molecule has 0 heterocycles. The largest absolute Gasteiger partial charge is 0.399 e. The van der Waals surface area contributed by atoms with E-state index in [0.717, 1.165) is 6.42 Å². The molecule has 0 aliphatic carbocycles. The second kappa shape index (κ2) is 8.55. The molecule has 114 valence electrons. The summed E-state index contributed by atoms with van der Waals surface area (Å²) in [6.45, 7) is 3.25. The minimum Gasteiger partial charge on any atom is -0.399 e. The Morgan fingerprint density at radius 3 is 1.91 bits per heavy atom. The van der Waals surface area contributed by atoms with Crippen LogP contribution in [0, 0.1) is 11.5 Å². The van der Waals surface area contributed by atoms with Crippen LogP contribution in [-0.2, 0) is 9.16 Å². The molecular formula is C19H22O2Si. The third kappa shape index (κ3) is 3.86. The van der Waals surface area contributed by atoms with E-state index in [2.05, 4.69) is 42.7 Å². The van der Waals surface area contributed by atoms with Crippen molar-refractivity contribution in [1.82, 2.24) is 0 Å². The highest BCUT2D eigenvalue weighted by Gasteiger charge is 2.38. The summed E-state index contributed by atoms with van der Waals surface area (Å²) in [6, 6.07) is 20.7. The lowest BCUT2D eigenvalue weighted by atomic mass is 10.4. The molecule has 0 N–H and O–H groups in total. The zero-order chi connectivity index (χ0) is 15.7. The summed E-state index contributed by atoms with van der Waals surface area (Å²) in [5.41, 5.74) is 3.44. The van der Waals surface area contributed by atoms with Gasteiger partial charge in [-0.05, 0) is 16.8 Å². The number of hydrogen-bond donors (Lipinski definition) is 0. The molecule has 0 fully saturated rings. The molecule has 0 saturated heterocycles. The number of methoxy groups -OCH3 is 1. The summed E-state index contributed by atoms with van der Waals surface area (Å²) in [5.74, 6) is 3.15. The Balaban J connectivity index is 2.56. The molecule has 0 amide bonds. The van der Waals surface area contributed by atoms with Crippen LogP contribution in [0.15, 0.2) is 60.7 Å². The number of rotatable bonds is 6. The lowest BCUT2D eigenvalue weighted by Gasteiger charge is -2.27. The van der Waals surface area contributed by atoms with E-state index in [0.29, 0.717) is 13.2 Å². The van der Waals surface area contributed by atoms with Crippen molar-refractivity contribution < 1.29 is 9.16 Å². The van der Waals surface area contributed by atoms with E-state index in [4.69, 9.17) is 9.16 Å². The zero-order valence-electron chi connectivity index (χ0n) is 13.2. The monoisotopic (exact) mass is 310 g/mol. The van der Waals surface area contributed by atoms with Gasteiger partial charge in [0.05, 0.1) is 0 Å². The lowest BCUT2D eigenvalue weighted by Crippen LogP contribution is -2.60. The summed E-state index contributed by atoms with van der Waals surface area (Å²) < 4.78 is 11.5. The fraction of sp³-hybridized carbons (Fsp3) is 0.263. The summed E-state index contributed by atoms with van der Waals surface area (Å²) >= 11 is 0. The predicted octanol–water partition coefficient (Wildman–Crippen LogP) is 2.36. The fourth-order valence-corrected chi connectivity index (χ4v) is 5.53. The molecule has 22 heavy (non-hydrogen) atoms. The van der Waals surface area contributed by atoms with Gasteiger partial charge in [0.2, 0.25) is 0 Å². The van der Waals surface area contributed by atoms with Gasteiger partial charge < -0.3 is 9.16 Å². The number of benzene rings is 2. The van der Waals surface area contributed by atoms with Crippen LogP contribution >= 0.6 is 0 Å². The van der Waals surface area contributed by atoms with Crippen LogP contribution in [0.3, 0.4) is 0 Å². The normalized spacial score (nSPS) is 10.8. The first-order chi connectivity index (χ1) is 10.8. The smallest absolute Gasteiger partial charge is 0.337 e. The topological polar surface area (TPSA) is 18.5 Å². The summed E-state index contributed by atoms with van der Waals surface area (Å²) in [4.78, 5) is 0. The first-order valence-corrected chi connectivity index (χ1v) is 9.48. The highest BCUT2D eigenvalue weighted by Crippen LogP contribution is 2.08. The Morgan fingerprint density at radius 1 is 0.909 bits per heavy atom. The van der Waals surface area contributed by atoms with Gasteiger partial charge in [0.1, 0.15) is 6.61 Å². The average Bonchev–Trinajstić information content (AvgIpc) is 2.60. The van der Waals surface area contributed by atoms with Crippen molar-refractivity contribution in [3.63, 3.8) is 0 Å². The summed E-state index contributed by atoms with van der Waals surface area (Å²) in [5, 5.41) is 2.36. The third-order valence-electron chi connectivity index (χ3n) is 3.36. The van der Waals surface area contributed by atoms with E-state index in [9.17, 15) is 0 Å². The molecule has 0 saturated carbocycles. The molecule has 0 unspecified atom stereocenters. The molecule has 0 spiro atoms. The summed E-state index contributed by atoms with van der Waals surface area (Å²) in [7, 11) is -0.885. The molecule has 2 aromatic carbocycles. The molecular weight excluding hydrogens is 288 g/mol. The average molecular weight is 310 g/mol. The fourth-order valence-electron chi connectivity index (χ4n) is 2.35. The first-order valence-electron chi connectivity index (χ1n) is 7.57. The number of ether oxygens (including phenoxy) is 1. The van der Waals surface area contributed by atoms with Crippen molar-refractivity contribution in [3.05, 3.63) is 60.7 Å². The standard InChI is InChI=1S/C19H22O2Si/c1-3-15-21-22(17-10-16-20-2,18-11-6-4-7-12-18)19-13-8-5-9-14-19/h4-9,11-14H,3,15-16H2,1-2H3. The van der Waals surface area contributed by atoms with Crippen LogP contribution in [0.25, 0.3) is 0 Å². The maximum atomic E-state index is 6.41. The zero-order valence-corrected chi connectivity index (χ0v) is 14.2. The molecule has 2 nitrogen and oxygen atoms in total. The van der Waals surface area contributed by atoms with Gasteiger partial charge in [-0.15, -0.1) is 0 Å². The van der Waals surface area contributed by atoms with Gasteiger partial charge in [-0.3, -0.25) is 0 Å². The van der Waals surface area contributed by atoms with E-state index in [1.165, 1.54) is 10.4 Å². The quantitative estimate of drug-likeness (QED) is 0.602. The Hall–Kier alpha value is -1.86. The second-order valence-corrected chi connectivity index (χ2v) is 8.05. The van der Waals surface area contributed by atoms with Gasteiger partial charge in [0.25, 0.3) is 0 Å². The minimum absolute atomic E-state index is 0.421. The van der Waals surface area contributed by atoms with Crippen molar-refractivity contribution in [2.45, 2.75) is 13.3 Å². The SMILES string of the molecule is CCCO[Si](C#CCOC)(c1ccccc1)c1ccccc1. The minimum atomic E-state index is -2.55. The van der Waals surface area contributed by atoms with E-state index < -0.39 is 8.32 Å². The van der Waals surface area contributed by atoms with Crippen molar-refractivity contribution in [2.75, 3.05) is 20.3 Å². The third-order valence-corrected chi connectivity index (χ3v) is 6.82. The van der Waals surface area contributed by atoms with Gasteiger partial charge in [-0.2, -0.15) is 0 Å². The lowest BCUT2D eigenvalue weighted by molar-refractivity contribution is 0.239.